The van der Waals surface area contributed by atoms with Gasteiger partial charge in [0.05, 0.1) is 18.8 Å². The van der Waals surface area contributed by atoms with Crippen molar-refractivity contribution >= 4 is 30.0 Å². The highest BCUT2D eigenvalue weighted by molar-refractivity contribution is 6.04. The molecule has 2 aliphatic rings. The molecule has 1 fully saturated rings. The van der Waals surface area contributed by atoms with Crippen molar-refractivity contribution in [2.45, 2.75) is 18.9 Å². The second kappa shape index (κ2) is 8.49. The molecule has 150 valence electrons. The second-order valence-corrected chi connectivity index (χ2v) is 6.50. The average Bonchev–Trinajstić information content (AvgIpc) is 3.36. The van der Waals surface area contributed by atoms with E-state index in [1.807, 2.05) is 4.68 Å². The summed E-state index contributed by atoms with van der Waals surface area (Å²) in [4.78, 5) is 26.1. The van der Waals surface area contributed by atoms with Crippen molar-refractivity contribution in [2.24, 2.45) is 5.73 Å². The number of aromatic nitrogens is 2. The minimum absolute atomic E-state index is 0. The molecule has 10 heteroatoms. The van der Waals surface area contributed by atoms with Crippen LogP contribution in [0.2, 0.25) is 0 Å². The molecule has 0 aliphatic carbocycles. The molecule has 3 N–H and O–H groups in total. The lowest BCUT2D eigenvalue weighted by Crippen LogP contribution is -2.42. The van der Waals surface area contributed by atoms with Gasteiger partial charge in [0, 0.05) is 24.7 Å². The van der Waals surface area contributed by atoms with E-state index in [4.69, 9.17) is 15.2 Å². The normalized spacial score (nSPS) is 15.8. The first kappa shape index (κ1) is 20.0. The van der Waals surface area contributed by atoms with Crippen molar-refractivity contribution in [1.82, 2.24) is 14.7 Å². The van der Waals surface area contributed by atoms with Crippen LogP contribution < -0.4 is 20.5 Å². The van der Waals surface area contributed by atoms with Crippen molar-refractivity contribution in [2.75, 3.05) is 31.7 Å². The first-order valence-electron chi connectivity index (χ1n) is 8.88. The van der Waals surface area contributed by atoms with Crippen LogP contribution in [0, 0.1) is 0 Å². The first-order valence-corrected chi connectivity index (χ1v) is 8.88. The predicted octanol–water partition coefficient (Wildman–Crippen LogP) is 1.41. The number of amides is 2. The highest BCUT2D eigenvalue weighted by atomic mass is 35.5. The van der Waals surface area contributed by atoms with E-state index in [2.05, 4.69) is 10.4 Å². The molecule has 0 atom stereocenters. The number of nitrogens with zero attached hydrogens (tertiary/aromatic N) is 3. The lowest BCUT2D eigenvalue weighted by atomic mass is 10.1. The van der Waals surface area contributed by atoms with Gasteiger partial charge in [-0.25, -0.2) is 4.68 Å². The zero-order valence-electron chi connectivity index (χ0n) is 15.2. The van der Waals surface area contributed by atoms with Crippen LogP contribution in [0.3, 0.4) is 0 Å². The quantitative estimate of drug-likeness (QED) is 0.792. The molecular formula is C18H22ClN5O4. The van der Waals surface area contributed by atoms with Crippen molar-refractivity contribution in [1.29, 1.82) is 0 Å². The topological polar surface area (TPSA) is 112 Å². The molecule has 2 amide bonds. The third-order valence-electron chi connectivity index (χ3n) is 4.88. The summed E-state index contributed by atoms with van der Waals surface area (Å²) in [6.45, 7) is 1.47. The number of halogens is 1. The fourth-order valence-corrected chi connectivity index (χ4v) is 3.42. The number of hydrogen-bond acceptors (Lipinski definition) is 6. The van der Waals surface area contributed by atoms with Gasteiger partial charge in [-0.1, -0.05) is 0 Å². The van der Waals surface area contributed by atoms with Crippen LogP contribution in [-0.4, -0.2) is 52.9 Å². The van der Waals surface area contributed by atoms with Crippen LogP contribution in [-0.2, 0) is 4.79 Å². The number of ether oxygens (including phenoxy) is 2. The third-order valence-corrected chi connectivity index (χ3v) is 4.88. The summed E-state index contributed by atoms with van der Waals surface area (Å²) in [6.07, 6.45) is 3.19. The molecule has 0 saturated carbocycles. The Labute approximate surface area is 168 Å². The molecule has 0 unspecified atom stereocenters. The van der Waals surface area contributed by atoms with Crippen molar-refractivity contribution < 1.29 is 19.1 Å². The Morgan fingerprint density at radius 3 is 2.68 bits per heavy atom. The Morgan fingerprint density at radius 2 is 1.93 bits per heavy atom. The lowest BCUT2D eigenvalue weighted by molar-refractivity contribution is -0.130. The zero-order valence-corrected chi connectivity index (χ0v) is 16.0. The number of rotatable bonds is 4. The van der Waals surface area contributed by atoms with Crippen LogP contribution in [0.5, 0.6) is 11.5 Å². The van der Waals surface area contributed by atoms with Crippen LogP contribution in [0.1, 0.15) is 29.2 Å². The van der Waals surface area contributed by atoms with Gasteiger partial charge < -0.3 is 25.4 Å². The van der Waals surface area contributed by atoms with Crippen molar-refractivity contribution in [3.05, 3.63) is 36.0 Å². The fourth-order valence-electron chi connectivity index (χ4n) is 3.42. The summed E-state index contributed by atoms with van der Waals surface area (Å²) in [5.41, 5.74) is 5.91. The Morgan fingerprint density at radius 1 is 1.18 bits per heavy atom. The fraction of sp³-hybridized carbons (Fsp3) is 0.389. The summed E-state index contributed by atoms with van der Waals surface area (Å²) in [6, 6.07) is 6.96. The van der Waals surface area contributed by atoms with Gasteiger partial charge >= 0.3 is 0 Å². The minimum atomic E-state index is -0.245. The number of hydrogen-bond donors (Lipinski definition) is 2. The summed E-state index contributed by atoms with van der Waals surface area (Å²) in [5.74, 6) is 1.54. The van der Waals surface area contributed by atoms with E-state index in [9.17, 15) is 9.59 Å². The standard InChI is InChI=1S/C18H21N5O4.ClH/c19-10-17(24)22-7-4-13(5-8-22)23-16(3-6-20-23)21-18(25)12-1-2-14-15(9-12)27-11-26-14;/h1-3,6,9,13H,4-5,7-8,10-11,19H2,(H,21,25);1H. The van der Waals surface area contributed by atoms with E-state index >= 15 is 0 Å². The number of carbonyl (C=O) groups excluding carboxylic acids is 2. The maximum Gasteiger partial charge on any atom is 0.256 e. The number of nitrogens with two attached hydrogens (primary N) is 1. The highest BCUT2D eigenvalue weighted by Crippen LogP contribution is 2.33. The smallest absolute Gasteiger partial charge is 0.256 e. The molecule has 1 saturated heterocycles. The molecule has 1 aromatic heterocycles. The maximum absolute atomic E-state index is 12.6. The van der Waals surface area contributed by atoms with E-state index < -0.39 is 0 Å². The molecule has 3 heterocycles. The van der Waals surface area contributed by atoms with E-state index in [-0.39, 0.29) is 43.6 Å². The summed E-state index contributed by atoms with van der Waals surface area (Å²) in [5, 5.41) is 7.27. The molecule has 28 heavy (non-hydrogen) atoms. The van der Waals surface area contributed by atoms with Gasteiger partial charge in [0.25, 0.3) is 5.91 Å². The maximum atomic E-state index is 12.6. The van der Waals surface area contributed by atoms with E-state index in [0.29, 0.717) is 36.0 Å². The van der Waals surface area contributed by atoms with E-state index in [1.54, 1.807) is 35.4 Å². The van der Waals surface area contributed by atoms with Gasteiger partial charge in [0.2, 0.25) is 12.7 Å². The lowest BCUT2D eigenvalue weighted by Gasteiger charge is -2.32. The number of anilines is 1. The predicted molar refractivity (Wildman–Crippen MR) is 104 cm³/mol. The van der Waals surface area contributed by atoms with Crippen LogP contribution in [0.15, 0.2) is 30.5 Å². The first-order chi connectivity index (χ1) is 13.2. The summed E-state index contributed by atoms with van der Waals surface area (Å²) in [7, 11) is 0. The largest absolute Gasteiger partial charge is 0.454 e. The van der Waals surface area contributed by atoms with Gasteiger partial charge in [0.15, 0.2) is 11.5 Å². The molecule has 0 bridgehead atoms. The second-order valence-electron chi connectivity index (χ2n) is 6.50. The monoisotopic (exact) mass is 407 g/mol. The number of carbonyl (C=O) groups is 2. The molecule has 0 radical (unpaired) electrons. The Hall–Kier alpha value is -2.78. The third kappa shape index (κ3) is 3.90. The van der Waals surface area contributed by atoms with Crippen LogP contribution in [0.25, 0.3) is 0 Å². The Bertz CT molecular complexity index is 863. The molecule has 9 nitrogen and oxygen atoms in total. The van der Waals surface area contributed by atoms with Gasteiger partial charge in [-0.2, -0.15) is 5.10 Å². The van der Waals surface area contributed by atoms with Crippen molar-refractivity contribution in [3.63, 3.8) is 0 Å². The van der Waals surface area contributed by atoms with Crippen LogP contribution in [0.4, 0.5) is 5.82 Å². The Kier molecular flexibility index (Phi) is 6.05. The zero-order chi connectivity index (χ0) is 18.8. The number of piperidine rings is 1. The Balaban J connectivity index is 0.00000225. The van der Waals surface area contributed by atoms with Gasteiger partial charge in [0.1, 0.15) is 5.82 Å². The number of benzene rings is 1. The van der Waals surface area contributed by atoms with Crippen molar-refractivity contribution in [3.8, 4) is 11.5 Å². The molecule has 2 aliphatic heterocycles. The highest BCUT2D eigenvalue weighted by Gasteiger charge is 2.25. The molecule has 1 aromatic carbocycles. The van der Waals surface area contributed by atoms with Gasteiger partial charge in [-0.15, -0.1) is 12.4 Å². The average molecular weight is 408 g/mol. The van der Waals surface area contributed by atoms with E-state index in [0.717, 1.165) is 12.8 Å². The van der Waals surface area contributed by atoms with Crippen LogP contribution >= 0.6 is 12.4 Å². The minimum Gasteiger partial charge on any atom is -0.454 e. The molecular weight excluding hydrogens is 386 g/mol. The molecule has 2 aromatic rings. The number of likely N-dealkylation sites (tertiary alicyclic amines) is 1. The molecule has 4 rings (SSSR count). The van der Waals surface area contributed by atoms with Gasteiger partial charge in [-0.3, -0.25) is 9.59 Å². The van der Waals surface area contributed by atoms with Gasteiger partial charge in [-0.05, 0) is 31.0 Å². The summed E-state index contributed by atoms with van der Waals surface area (Å²) < 4.78 is 12.4. The molecule has 0 spiro atoms. The SMILES string of the molecule is Cl.NCC(=O)N1CCC(n2nccc2NC(=O)c2ccc3c(c2)OCO3)CC1. The number of nitrogens with one attached hydrogen (secondary N) is 1. The number of fused-ring (bicyclic) bond motifs is 1. The summed E-state index contributed by atoms with van der Waals surface area (Å²) >= 11 is 0. The van der Waals surface area contributed by atoms with E-state index in [1.165, 1.54) is 0 Å².